The van der Waals surface area contributed by atoms with Gasteiger partial charge in [0.2, 0.25) is 5.91 Å². The first-order valence-electron chi connectivity index (χ1n) is 3.45. The molecule has 0 heterocycles. The molecule has 0 aromatic heterocycles. The number of amides is 1. The standard InChI is InChI=1S/C6H11N3OS/c1-9(6(7)11)8-5(10)4-2-3-4/h4H,2-3H2,1H3,(H2,7,11)(H,8,10). The van der Waals surface area contributed by atoms with Crippen molar-refractivity contribution in [3.8, 4) is 0 Å². The van der Waals surface area contributed by atoms with Gasteiger partial charge in [0.25, 0.3) is 0 Å². The van der Waals surface area contributed by atoms with Crippen LogP contribution in [0.3, 0.4) is 0 Å². The van der Waals surface area contributed by atoms with Crippen molar-refractivity contribution in [3.63, 3.8) is 0 Å². The van der Waals surface area contributed by atoms with Gasteiger partial charge in [0, 0.05) is 13.0 Å². The normalized spacial score (nSPS) is 15.7. The molecule has 1 amide bonds. The van der Waals surface area contributed by atoms with Crippen LogP contribution in [0, 0.1) is 5.92 Å². The molecule has 1 rings (SSSR count). The highest BCUT2D eigenvalue weighted by atomic mass is 32.1. The number of nitrogens with two attached hydrogens (primary N) is 1. The summed E-state index contributed by atoms with van der Waals surface area (Å²) in [4.78, 5) is 11.1. The number of nitrogens with one attached hydrogen (secondary N) is 1. The average Bonchev–Trinajstić information content (AvgIpc) is 2.67. The van der Waals surface area contributed by atoms with Gasteiger partial charge in [-0.05, 0) is 25.1 Å². The Morgan fingerprint density at radius 3 is 2.64 bits per heavy atom. The number of carbonyl (C=O) groups excluding carboxylic acids is 1. The zero-order valence-corrected chi connectivity index (χ0v) is 7.15. The first-order valence-corrected chi connectivity index (χ1v) is 3.85. The molecule has 0 aliphatic heterocycles. The van der Waals surface area contributed by atoms with Gasteiger partial charge >= 0.3 is 0 Å². The predicted molar refractivity (Wildman–Crippen MR) is 45.4 cm³/mol. The van der Waals surface area contributed by atoms with Crippen LogP contribution < -0.4 is 11.2 Å². The Labute approximate surface area is 70.7 Å². The fraction of sp³-hybridized carbons (Fsp3) is 0.667. The van der Waals surface area contributed by atoms with Crippen molar-refractivity contribution < 1.29 is 4.79 Å². The maximum atomic E-state index is 11.1. The Morgan fingerprint density at radius 1 is 1.73 bits per heavy atom. The quantitative estimate of drug-likeness (QED) is 0.418. The SMILES string of the molecule is CN(NC(=O)C1CC1)C(N)=S. The van der Waals surface area contributed by atoms with Crippen LogP contribution in [0.15, 0.2) is 0 Å². The smallest absolute Gasteiger partial charge is 0.241 e. The van der Waals surface area contributed by atoms with Gasteiger partial charge in [-0.15, -0.1) is 0 Å². The zero-order valence-electron chi connectivity index (χ0n) is 6.33. The van der Waals surface area contributed by atoms with Gasteiger partial charge in [0.15, 0.2) is 5.11 Å². The molecule has 0 unspecified atom stereocenters. The van der Waals surface area contributed by atoms with Crippen molar-refractivity contribution in [2.45, 2.75) is 12.8 Å². The first kappa shape index (κ1) is 8.26. The minimum Gasteiger partial charge on any atom is -0.375 e. The molecule has 0 aromatic rings. The van der Waals surface area contributed by atoms with Gasteiger partial charge in [-0.2, -0.15) is 0 Å². The molecule has 1 aliphatic rings. The van der Waals surface area contributed by atoms with Gasteiger partial charge in [-0.3, -0.25) is 15.2 Å². The fourth-order valence-corrected chi connectivity index (χ4v) is 0.703. The van der Waals surface area contributed by atoms with Crippen molar-refractivity contribution >= 4 is 23.2 Å². The lowest BCUT2D eigenvalue weighted by Crippen LogP contribution is -2.46. The Kier molecular flexibility index (Phi) is 2.28. The maximum Gasteiger partial charge on any atom is 0.241 e. The highest BCUT2D eigenvalue weighted by molar-refractivity contribution is 7.80. The highest BCUT2D eigenvalue weighted by Crippen LogP contribution is 2.28. The number of carbonyl (C=O) groups is 1. The van der Waals surface area contributed by atoms with Crippen LogP contribution in [0.2, 0.25) is 0 Å². The van der Waals surface area contributed by atoms with E-state index in [-0.39, 0.29) is 16.9 Å². The summed E-state index contributed by atoms with van der Waals surface area (Å²) in [6.07, 6.45) is 1.97. The molecule has 1 fully saturated rings. The van der Waals surface area contributed by atoms with Crippen LogP contribution in [0.5, 0.6) is 0 Å². The van der Waals surface area contributed by atoms with Crippen LogP contribution in [-0.4, -0.2) is 23.1 Å². The molecule has 0 atom stereocenters. The molecule has 1 aliphatic carbocycles. The fourth-order valence-electron chi connectivity index (χ4n) is 0.657. The summed E-state index contributed by atoms with van der Waals surface area (Å²) in [6.45, 7) is 0. The van der Waals surface area contributed by atoms with Crippen LogP contribution >= 0.6 is 12.2 Å². The first-order chi connectivity index (χ1) is 5.11. The second-order valence-electron chi connectivity index (χ2n) is 2.65. The molecule has 3 N–H and O–H groups in total. The number of hydrogen-bond donors (Lipinski definition) is 2. The second-order valence-corrected chi connectivity index (χ2v) is 3.07. The monoisotopic (exact) mass is 173 g/mol. The summed E-state index contributed by atoms with van der Waals surface area (Å²) in [6, 6.07) is 0. The zero-order chi connectivity index (χ0) is 8.43. The second kappa shape index (κ2) is 3.04. The van der Waals surface area contributed by atoms with Gasteiger partial charge in [0.1, 0.15) is 0 Å². The number of thiocarbonyl (C=S) groups is 1. The lowest BCUT2D eigenvalue weighted by atomic mass is 10.4. The number of nitrogens with zero attached hydrogens (tertiary/aromatic N) is 1. The molecular formula is C6H11N3OS. The van der Waals surface area contributed by atoms with E-state index in [1.807, 2.05) is 0 Å². The van der Waals surface area contributed by atoms with Crippen molar-refractivity contribution in [1.29, 1.82) is 0 Å². The number of hydrazine groups is 1. The van der Waals surface area contributed by atoms with E-state index >= 15 is 0 Å². The van der Waals surface area contributed by atoms with Crippen molar-refractivity contribution in [2.75, 3.05) is 7.05 Å². The molecular weight excluding hydrogens is 162 g/mol. The van der Waals surface area contributed by atoms with E-state index in [0.717, 1.165) is 12.8 Å². The summed E-state index contributed by atoms with van der Waals surface area (Å²) in [7, 11) is 1.63. The molecule has 0 aromatic carbocycles. The minimum absolute atomic E-state index is 0.0142. The van der Waals surface area contributed by atoms with E-state index in [2.05, 4.69) is 17.6 Å². The third-order valence-corrected chi connectivity index (χ3v) is 1.83. The highest BCUT2D eigenvalue weighted by Gasteiger charge is 2.30. The third-order valence-electron chi connectivity index (χ3n) is 1.56. The van der Waals surface area contributed by atoms with Gasteiger partial charge < -0.3 is 5.73 Å². The molecule has 0 bridgehead atoms. The largest absolute Gasteiger partial charge is 0.375 e. The summed E-state index contributed by atoms with van der Waals surface area (Å²) in [5.41, 5.74) is 7.82. The van der Waals surface area contributed by atoms with Crippen molar-refractivity contribution in [2.24, 2.45) is 11.7 Å². The Morgan fingerprint density at radius 2 is 2.27 bits per heavy atom. The molecule has 0 spiro atoms. The maximum absolute atomic E-state index is 11.1. The third kappa shape index (κ3) is 2.34. The summed E-state index contributed by atoms with van der Waals surface area (Å²) in [5, 5.41) is 1.54. The summed E-state index contributed by atoms with van der Waals surface area (Å²) < 4.78 is 0. The van der Waals surface area contributed by atoms with Crippen LogP contribution in [0.1, 0.15) is 12.8 Å². The van der Waals surface area contributed by atoms with E-state index in [1.165, 1.54) is 5.01 Å². The van der Waals surface area contributed by atoms with Crippen LogP contribution in [0.4, 0.5) is 0 Å². The van der Waals surface area contributed by atoms with Crippen LogP contribution in [-0.2, 0) is 4.79 Å². The van der Waals surface area contributed by atoms with E-state index < -0.39 is 0 Å². The van der Waals surface area contributed by atoms with Crippen LogP contribution in [0.25, 0.3) is 0 Å². The number of hydrogen-bond acceptors (Lipinski definition) is 2. The molecule has 1 saturated carbocycles. The Balaban J connectivity index is 2.28. The minimum atomic E-state index is 0.0142. The molecule has 62 valence electrons. The molecule has 5 heteroatoms. The lowest BCUT2D eigenvalue weighted by Gasteiger charge is -2.17. The summed E-state index contributed by atoms with van der Waals surface area (Å²) >= 11 is 4.63. The van der Waals surface area contributed by atoms with Gasteiger partial charge in [0.05, 0.1) is 0 Å². The van der Waals surface area contributed by atoms with Crippen molar-refractivity contribution in [1.82, 2.24) is 10.4 Å². The lowest BCUT2D eigenvalue weighted by molar-refractivity contribution is -0.125. The topological polar surface area (TPSA) is 58.4 Å². The van der Waals surface area contributed by atoms with E-state index in [0.29, 0.717) is 0 Å². The Hall–Kier alpha value is -0.840. The summed E-state index contributed by atoms with van der Waals surface area (Å²) in [5.74, 6) is 0.201. The van der Waals surface area contributed by atoms with Gasteiger partial charge in [-0.25, -0.2) is 0 Å². The predicted octanol–water partition coefficient (Wildman–Crippen LogP) is -0.397. The van der Waals surface area contributed by atoms with E-state index in [1.54, 1.807) is 7.05 Å². The van der Waals surface area contributed by atoms with E-state index in [9.17, 15) is 4.79 Å². The number of rotatable bonds is 1. The molecule has 0 radical (unpaired) electrons. The molecule has 0 saturated heterocycles. The molecule has 4 nitrogen and oxygen atoms in total. The van der Waals surface area contributed by atoms with Gasteiger partial charge in [-0.1, -0.05) is 0 Å². The average molecular weight is 173 g/mol. The Bertz CT molecular complexity index is 190. The van der Waals surface area contributed by atoms with Crippen molar-refractivity contribution in [3.05, 3.63) is 0 Å². The van der Waals surface area contributed by atoms with E-state index in [4.69, 9.17) is 5.73 Å². The molecule has 11 heavy (non-hydrogen) atoms.